The van der Waals surface area contributed by atoms with Crippen molar-refractivity contribution in [2.75, 3.05) is 26.2 Å². The Balaban J connectivity index is 1.50. The summed E-state index contributed by atoms with van der Waals surface area (Å²) in [6.45, 7) is 9.48. The van der Waals surface area contributed by atoms with Crippen molar-refractivity contribution in [2.24, 2.45) is 10.9 Å². The van der Waals surface area contributed by atoms with E-state index in [9.17, 15) is 0 Å². The van der Waals surface area contributed by atoms with Crippen molar-refractivity contribution in [3.05, 3.63) is 35.4 Å². The molecule has 3 rings (SSSR count). The van der Waals surface area contributed by atoms with Gasteiger partial charge in [-0.15, -0.1) is 0 Å². The van der Waals surface area contributed by atoms with E-state index >= 15 is 0 Å². The van der Waals surface area contributed by atoms with Gasteiger partial charge in [0, 0.05) is 25.7 Å². The number of hydrogen-bond donors (Lipinski definition) is 2. The third-order valence-corrected chi connectivity index (χ3v) is 4.95. The molecule has 0 aromatic heterocycles. The highest BCUT2D eigenvalue weighted by Crippen LogP contribution is 2.31. The van der Waals surface area contributed by atoms with Crippen LogP contribution in [0.4, 0.5) is 0 Å². The van der Waals surface area contributed by atoms with Crippen LogP contribution in [-0.2, 0) is 6.54 Å². The maximum atomic E-state index is 4.75. The van der Waals surface area contributed by atoms with Crippen LogP contribution < -0.4 is 10.6 Å². The molecule has 2 N–H and O–H groups in total. The maximum absolute atomic E-state index is 4.75. The molecule has 4 heteroatoms. The number of aliphatic imine (C=N–C) groups is 1. The fourth-order valence-corrected chi connectivity index (χ4v) is 3.34. The second kappa shape index (κ2) is 7.82. The Morgan fingerprint density at radius 1 is 1.22 bits per heavy atom. The van der Waals surface area contributed by atoms with E-state index in [1.807, 2.05) is 0 Å². The van der Waals surface area contributed by atoms with Crippen molar-refractivity contribution in [3.63, 3.8) is 0 Å². The lowest BCUT2D eigenvalue weighted by Gasteiger charge is -2.17. The normalized spacial score (nSPS) is 22.3. The number of hydrogen-bond acceptors (Lipinski definition) is 2. The molecule has 1 unspecified atom stereocenters. The van der Waals surface area contributed by atoms with Crippen molar-refractivity contribution in [2.45, 2.75) is 45.7 Å². The van der Waals surface area contributed by atoms with Crippen molar-refractivity contribution in [1.82, 2.24) is 15.5 Å². The molecule has 1 aromatic carbocycles. The van der Waals surface area contributed by atoms with Crippen LogP contribution in [0.2, 0.25) is 0 Å². The Kier molecular flexibility index (Phi) is 5.55. The molecule has 1 saturated heterocycles. The lowest BCUT2D eigenvalue weighted by atomic mass is 10.1. The molecule has 2 aliphatic rings. The summed E-state index contributed by atoms with van der Waals surface area (Å²) >= 11 is 0. The molecule has 4 nitrogen and oxygen atoms in total. The molecule has 0 radical (unpaired) electrons. The average Bonchev–Trinajstić information content (AvgIpc) is 3.30. The van der Waals surface area contributed by atoms with E-state index in [1.165, 1.54) is 43.5 Å². The first-order valence-electron chi connectivity index (χ1n) is 9.07. The fraction of sp³-hybridized carbons (Fsp3) is 0.632. The Hall–Kier alpha value is -1.55. The van der Waals surface area contributed by atoms with E-state index < -0.39 is 0 Å². The molecule has 1 atom stereocenters. The molecule has 1 saturated carbocycles. The van der Waals surface area contributed by atoms with Crippen molar-refractivity contribution in [1.29, 1.82) is 0 Å². The standard InChI is InChI=1S/C19H30N4/c1-3-20-19(22-13-17-7-5-4-6-15(17)2)21-12-16-10-11-23(14-16)18-8-9-18/h4-7,16,18H,3,8-14H2,1-2H3,(H2,20,21,22). The minimum Gasteiger partial charge on any atom is -0.357 e. The lowest BCUT2D eigenvalue weighted by molar-refractivity contribution is 0.314. The summed E-state index contributed by atoms with van der Waals surface area (Å²) in [5, 5.41) is 6.91. The van der Waals surface area contributed by atoms with Crippen LogP contribution in [0.3, 0.4) is 0 Å². The number of benzene rings is 1. The molecule has 1 aromatic rings. The van der Waals surface area contributed by atoms with Crippen LogP contribution in [0.25, 0.3) is 0 Å². The van der Waals surface area contributed by atoms with E-state index in [0.29, 0.717) is 0 Å². The summed E-state index contributed by atoms with van der Waals surface area (Å²) in [5.41, 5.74) is 2.61. The molecule has 1 aliphatic heterocycles. The van der Waals surface area contributed by atoms with Gasteiger partial charge in [0.15, 0.2) is 5.96 Å². The van der Waals surface area contributed by atoms with E-state index in [4.69, 9.17) is 4.99 Å². The summed E-state index contributed by atoms with van der Waals surface area (Å²) in [6, 6.07) is 9.38. The fourth-order valence-electron chi connectivity index (χ4n) is 3.34. The summed E-state index contributed by atoms with van der Waals surface area (Å²) < 4.78 is 0. The predicted molar refractivity (Wildman–Crippen MR) is 96.7 cm³/mol. The number of nitrogens with zero attached hydrogens (tertiary/aromatic N) is 2. The number of rotatable bonds is 6. The second-order valence-corrected chi connectivity index (χ2v) is 6.88. The van der Waals surface area contributed by atoms with Gasteiger partial charge in [-0.1, -0.05) is 24.3 Å². The Morgan fingerprint density at radius 3 is 2.78 bits per heavy atom. The van der Waals surface area contributed by atoms with Gasteiger partial charge < -0.3 is 15.5 Å². The summed E-state index contributed by atoms with van der Waals surface area (Å²) in [6.07, 6.45) is 4.15. The van der Waals surface area contributed by atoms with Gasteiger partial charge in [-0.2, -0.15) is 0 Å². The topological polar surface area (TPSA) is 39.7 Å². The molecule has 23 heavy (non-hydrogen) atoms. The molecule has 0 spiro atoms. The van der Waals surface area contributed by atoms with Crippen LogP contribution in [-0.4, -0.2) is 43.1 Å². The Morgan fingerprint density at radius 2 is 2.04 bits per heavy atom. The molecular formula is C19H30N4. The van der Waals surface area contributed by atoms with Gasteiger partial charge in [0.2, 0.25) is 0 Å². The zero-order valence-electron chi connectivity index (χ0n) is 14.5. The molecule has 1 heterocycles. The second-order valence-electron chi connectivity index (χ2n) is 6.88. The minimum atomic E-state index is 0.737. The Labute approximate surface area is 140 Å². The zero-order chi connectivity index (χ0) is 16.1. The first-order valence-corrected chi connectivity index (χ1v) is 9.07. The highest BCUT2D eigenvalue weighted by Gasteiger charge is 2.34. The van der Waals surface area contributed by atoms with Crippen LogP contribution in [0.1, 0.15) is 37.3 Å². The van der Waals surface area contributed by atoms with Crippen LogP contribution in [0.15, 0.2) is 29.3 Å². The number of likely N-dealkylation sites (tertiary alicyclic amines) is 1. The highest BCUT2D eigenvalue weighted by atomic mass is 15.2. The minimum absolute atomic E-state index is 0.737. The summed E-state index contributed by atoms with van der Waals surface area (Å²) in [5.74, 6) is 1.71. The van der Waals surface area contributed by atoms with Crippen molar-refractivity contribution >= 4 is 5.96 Å². The van der Waals surface area contributed by atoms with E-state index in [-0.39, 0.29) is 0 Å². The first-order chi connectivity index (χ1) is 11.3. The first kappa shape index (κ1) is 16.3. The highest BCUT2D eigenvalue weighted by molar-refractivity contribution is 5.79. The number of nitrogens with one attached hydrogen (secondary N) is 2. The third kappa shape index (κ3) is 4.71. The van der Waals surface area contributed by atoms with Crippen LogP contribution in [0, 0.1) is 12.8 Å². The van der Waals surface area contributed by atoms with Crippen LogP contribution in [0.5, 0.6) is 0 Å². The molecule has 126 valence electrons. The average molecular weight is 314 g/mol. The van der Waals surface area contributed by atoms with Gasteiger partial charge in [0.25, 0.3) is 0 Å². The van der Waals surface area contributed by atoms with Crippen molar-refractivity contribution < 1.29 is 0 Å². The van der Waals surface area contributed by atoms with Gasteiger partial charge in [-0.05, 0) is 56.7 Å². The van der Waals surface area contributed by atoms with Gasteiger partial charge in [-0.25, -0.2) is 4.99 Å². The summed E-state index contributed by atoms with van der Waals surface area (Å²) in [4.78, 5) is 7.42. The third-order valence-electron chi connectivity index (χ3n) is 4.95. The summed E-state index contributed by atoms with van der Waals surface area (Å²) in [7, 11) is 0. The quantitative estimate of drug-likeness (QED) is 0.626. The lowest BCUT2D eigenvalue weighted by Crippen LogP contribution is -2.40. The predicted octanol–water partition coefficient (Wildman–Crippen LogP) is 2.53. The van der Waals surface area contributed by atoms with E-state index in [2.05, 4.69) is 53.6 Å². The molecule has 0 bridgehead atoms. The Bertz CT molecular complexity index is 536. The van der Waals surface area contributed by atoms with Gasteiger partial charge in [0.05, 0.1) is 6.54 Å². The number of guanidine groups is 1. The van der Waals surface area contributed by atoms with E-state index in [0.717, 1.165) is 37.6 Å². The zero-order valence-corrected chi connectivity index (χ0v) is 14.5. The largest absolute Gasteiger partial charge is 0.357 e. The number of aryl methyl sites for hydroxylation is 1. The van der Waals surface area contributed by atoms with E-state index in [1.54, 1.807) is 0 Å². The SMILES string of the molecule is CCNC(=NCc1ccccc1C)NCC1CCN(C2CC2)C1. The van der Waals surface area contributed by atoms with Gasteiger partial charge >= 0.3 is 0 Å². The smallest absolute Gasteiger partial charge is 0.191 e. The van der Waals surface area contributed by atoms with Gasteiger partial charge in [0.1, 0.15) is 0 Å². The van der Waals surface area contributed by atoms with Crippen LogP contribution >= 0.6 is 0 Å². The molecule has 2 fully saturated rings. The molecule has 0 amide bonds. The van der Waals surface area contributed by atoms with Crippen molar-refractivity contribution in [3.8, 4) is 0 Å². The molecular weight excluding hydrogens is 284 g/mol. The monoisotopic (exact) mass is 314 g/mol. The van der Waals surface area contributed by atoms with Gasteiger partial charge in [-0.3, -0.25) is 0 Å². The molecule has 1 aliphatic carbocycles. The maximum Gasteiger partial charge on any atom is 0.191 e.